The molecule has 0 amide bonds. The smallest absolute Gasteiger partial charge is 0.166 e. The molecule has 9 heteroatoms. The first-order valence-electron chi connectivity index (χ1n) is 10.7. The predicted molar refractivity (Wildman–Crippen MR) is 124 cm³/mol. The molecule has 168 valence electrons. The second kappa shape index (κ2) is 9.35. The van der Waals surface area contributed by atoms with E-state index in [1.54, 1.807) is 18.3 Å². The minimum absolute atomic E-state index is 0.158. The van der Waals surface area contributed by atoms with Gasteiger partial charge in [0.05, 0.1) is 18.9 Å². The molecule has 0 spiro atoms. The van der Waals surface area contributed by atoms with E-state index in [0.717, 1.165) is 11.1 Å². The number of benzene rings is 1. The Bertz CT molecular complexity index is 1090. The lowest BCUT2D eigenvalue weighted by molar-refractivity contribution is 0.227. The highest BCUT2D eigenvalue weighted by Crippen LogP contribution is 2.32. The summed E-state index contributed by atoms with van der Waals surface area (Å²) in [5.74, 6) is 1.38. The number of nitrogens with two attached hydrogens (primary N) is 3. The van der Waals surface area contributed by atoms with E-state index in [9.17, 15) is 4.39 Å². The van der Waals surface area contributed by atoms with Crippen molar-refractivity contribution in [2.75, 3.05) is 25.5 Å². The summed E-state index contributed by atoms with van der Waals surface area (Å²) in [7, 11) is 0. The van der Waals surface area contributed by atoms with Crippen LogP contribution in [0.1, 0.15) is 42.6 Å². The normalized spacial score (nSPS) is 21.2. The third-order valence-corrected chi connectivity index (χ3v) is 5.55. The van der Waals surface area contributed by atoms with E-state index in [2.05, 4.69) is 10.3 Å². The molecule has 1 unspecified atom stereocenters. The van der Waals surface area contributed by atoms with E-state index < -0.39 is 6.10 Å². The van der Waals surface area contributed by atoms with Crippen LogP contribution in [0.2, 0.25) is 0 Å². The molecule has 8 nitrogen and oxygen atoms in total. The molecular formula is C23H28FN7O. The highest BCUT2D eigenvalue weighted by molar-refractivity contribution is 6.13. The molecule has 2 aliphatic rings. The molecule has 1 aromatic carbocycles. The highest BCUT2D eigenvalue weighted by atomic mass is 19.1. The van der Waals surface area contributed by atoms with Gasteiger partial charge in [-0.2, -0.15) is 0 Å². The lowest BCUT2D eigenvalue weighted by atomic mass is 10.0. The Morgan fingerprint density at radius 1 is 1.31 bits per heavy atom. The molecular weight excluding hydrogens is 409 g/mol. The number of anilines is 1. The van der Waals surface area contributed by atoms with Crippen LogP contribution in [-0.2, 0) is 0 Å². The average Bonchev–Trinajstić information content (AvgIpc) is 3.60. The van der Waals surface area contributed by atoms with Crippen LogP contribution in [-0.4, -0.2) is 36.3 Å². The maximum Gasteiger partial charge on any atom is 0.166 e. The molecule has 7 N–H and O–H groups in total. The van der Waals surface area contributed by atoms with E-state index in [4.69, 9.17) is 31.9 Å². The van der Waals surface area contributed by atoms with Crippen LogP contribution in [0, 0.1) is 11.7 Å². The largest absolute Gasteiger partial charge is 0.482 e. The van der Waals surface area contributed by atoms with Gasteiger partial charge < -0.3 is 27.3 Å². The fourth-order valence-electron chi connectivity index (χ4n) is 3.62. The minimum Gasteiger partial charge on any atom is -0.482 e. The molecule has 1 atom stereocenters. The first-order valence-corrected chi connectivity index (χ1v) is 10.7. The number of nitrogens with zero attached hydrogens (tertiary/aromatic N) is 3. The Balaban J connectivity index is 1.88. The number of hydrogen-bond donors (Lipinski definition) is 4. The topological polar surface area (TPSA) is 137 Å². The summed E-state index contributed by atoms with van der Waals surface area (Å²) in [5, 5.41) is 3.08. The van der Waals surface area contributed by atoms with Gasteiger partial charge in [-0.3, -0.25) is 9.98 Å². The fraction of sp³-hybridized carbons (Fsp3) is 0.348. The Morgan fingerprint density at radius 2 is 2.12 bits per heavy atom. The van der Waals surface area contributed by atoms with E-state index in [1.807, 2.05) is 6.92 Å². The van der Waals surface area contributed by atoms with Crippen LogP contribution in [0.15, 0.2) is 52.2 Å². The zero-order chi connectivity index (χ0) is 22.7. The average molecular weight is 438 g/mol. The number of aliphatic imine (C=N–C) groups is 2. The van der Waals surface area contributed by atoms with E-state index in [1.165, 1.54) is 31.2 Å². The molecule has 1 aliphatic heterocycles. The third kappa shape index (κ3) is 4.72. The van der Waals surface area contributed by atoms with E-state index >= 15 is 0 Å². The Kier molecular flexibility index (Phi) is 6.36. The van der Waals surface area contributed by atoms with Gasteiger partial charge in [0, 0.05) is 41.2 Å². The second-order valence-electron chi connectivity index (χ2n) is 7.97. The van der Waals surface area contributed by atoms with Crippen molar-refractivity contribution in [1.29, 1.82) is 0 Å². The Morgan fingerprint density at radius 3 is 2.84 bits per heavy atom. The molecule has 32 heavy (non-hydrogen) atoms. The van der Waals surface area contributed by atoms with Crippen molar-refractivity contribution in [1.82, 2.24) is 10.3 Å². The van der Waals surface area contributed by atoms with Crippen LogP contribution in [0.4, 0.5) is 10.2 Å². The van der Waals surface area contributed by atoms with Gasteiger partial charge in [0.1, 0.15) is 17.8 Å². The van der Waals surface area contributed by atoms with Crippen LogP contribution in [0.25, 0.3) is 0 Å². The third-order valence-electron chi connectivity index (χ3n) is 5.55. The van der Waals surface area contributed by atoms with Crippen molar-refractivity contribution in [2.45, 2.75) is 25.9 Å². The lowest BCUT2D eigenvalue weighted by Crippen LogP contribution is -2.32. The zero-order valence-electron chi connectivity index (χ0n) is 18.0. The monoisotopic (exact) mass is 437 g/mol. The standard InChI is InChI=1S/C23H28FN7O/c1-13-19-7-17(24)4-5-18(19)23(31-12-26)30-11-16(8-25)21(28-9-14-2-3-14)15-6-20(32-13)22(27)29-10-15/h4-8,10,13-14H,2-3,9,11-12,25-26H2,1H3,(H2,27,29)(H,30,31). The molecule has 1 saturated carbocycles. The van der Waals surface area contributed by atoms with Crippen molar-refractivity contribution in [3.63, 3.8) is 0 Å². The number of nitrogen functional groups attached to an aromatic ring is 1. The van der Waals surface area contributed by atoms with Crippen molar-refractivity contribution >= 4 is 17.4 Å². The number of hydrogen-bond acceptors (Lipinski definition) is 8. The number of rotatable bonds is 3. The van der Waals surface area contributed by atoms with Crippen molar-refractivity contribution in [3.8, 4) is 5.75 Å². The molecule has 4 rings (SSSR count). The zero-order valence-corrected chi connectivity index (χ0v) is 18.0. The van der Waals surface area contributed by atoms with E-state index in [0.29, 0.717) is 40.9 Å². The maximum absolute atomic E-state index is 14.1. The summed E-state index contributed by atoms with van der Waals surface area (Å²) in [4.78, 5) is 13.9. The Hall–Kier alpha value is -3.46. The quantitative estimate of drug-likeness (QED) is 0.544. The number of nitrogens with one attached hydrogen (secondary N) is 1. The number of fused-ring (bicyclic) bond motifs is 3. The highest BCUT2D eigenvalue weighted by Gasteiger charge is 2.24. The van der Waals surface area contributed by atoms with Gasteiger partial charge in [-0.25, -0.2) is 9.37 Å². The number of amidine groups is 1. The summed E-state index contributed by atoms with van der Waals surface area (Å²) in [6, 6.07) is 6.26. The molecule has 0 saturated heterocycles. The SMILES string of the molecule is CC1Oc2cc(cnc2N)C(=NCC2CC2)C(=CN)CN=C(NCN)c2ccc(F)cc21. The number of aromatic nitrogens is 1. The van der Waals surface area contributed by atoms with Gasteiger partial charge >= 0.3 is 0 Å². The van der Waals surface area contributed by atoms with Gasteiger partial charge in [0.15, 0.2) is 11.6 Å². The van der Waals surface area contributed by atoms with Crippen molar-refractivity contribution in [2.24, 2.45) is 27.4 Å². The molecule has 1 aliphatic carbocycles. The molecule has 2 aromatic rings. The molecule has 2 heterocycles. The maximum atomic E-state index is 14.1. The fourth-order valence-corrected chi connectivity index (χ4v) is 3.62. The van der Waals surface area contributed by atoms with Gasteiger partial charge in [-0.05, 0) is 49.9 Å². The number of pyridine rings is 1. The molecule has 1 fully saturated rings. The van der Waals surface area contributed by atoms with Gasteiger partial charge in [0.25, 0.3) is 0 Å². The van der Waals surface area contributed by atoms with Gasteiger partial charge in [0.2, 0.25) is 0 Å². The summed E-state index contributed by atoms with van der Waals surface area (Å²) in [5.41, 5.74) is 21.3. The number of halogens is 1. The molecule has 2 bridgehead atoms. The van der Waals surface area contributed by atoms with Gasteiger partial charge in [-0.15, -0.1) is 0 Å². The summed E-state index contributed by atoms with van der Waals surface area (Å²) < 4.78 is 20.3. The first kappa shape index (κ1) is 21.8. The summed E-state index contributed by atoms with van der Waals surface area (Å²) >= 11 is 0. The van der Waals surface area contributed by atoms with Crippen LogP contribution >= 0.6 is 0 Å². The second-order valence-corrected chi connectivity index (χ2v) is 7.97. The van der Waals surface area contributed by atoms with Crippen molar-refractivity contribution in [3.05, 3.63) is 64.7 Å². The molecule has 1 aromatic heterocycles. The van der Waals surface area contributed by atoms with Crippen LogP contribution < -0.4 is 27.3 Å². The van der Waals surface area contributed by atoms with Gasteiger partial charge in [-0.1, -0.05) is 0 Å². The van der Waals surface area contributed by atoms with Crippen LogP contribution in [0.5, 0.6) is 5.75 Å². The summed E-state index contributed by atoms with van der Waals surface area (Å²) in [6.45, 7) is 2.95. The Labute approximate surface area is 186 Å². The lowest BCUT2D eigenvalue weighted by Gasteiger charge is -2.22. The first-order chi connectivity index (χ1) is 15.5. The summed E-state index contributed by atoms with van der Waals surface area (Å²) in [6.07, 6.45) is 5.00. The predicted octanol–water partition coefficient (Wildman–Crippen LogP) is 2.25. The minimum atomic E-state index is -0.527. The number of ether oxygens (including phenoxy) is 1. The molecule has 0 radical (unpaired) electrons. The van der Waals surface area contributed by atoms with E-state index in [-0.39, 0.29) is 24.8 Å². The van der Waals surface area contributed by atoms with Crippen molar-refractivity contribution < 1.29 is 9.13 Å². The van der Waals surface area contributed by atoms with Crippen LogP contribution in [0.3, 0.4) is 0 Å².